The maximum atomic E-state index is 5.80. The monoisotopic (exact) mass is 267 g/mol. The molecule has 3 unspecified atom stereocenters. The number of nitrogens with zero attached hydrogens (tertiary/aromatic N) is 1. The van der Waals surface area contributed by atoms with Crippen LogP contribution in [-0.2, 0) is 6.42 Å². The number of hydrogen-bond donors (Lipinski definition) is 2. The Morgan fingerprint density at radius 3 is 2.70 bits per heavy atom. The lowest BCUT2D eigenvalue weighted by Gasteiger charge is -2.23. The van der Waals surface area contributed by atoms with Crippen LogP contribution in [0, 0.1) is 17.8 Å². The molecule has 3 heteroatoms. The molecule has 0 saturated heterocycles. The third-order valence-electron chi connectivity index (χ3n) is 5.15. The molecule has 1 heterocycles. The minimum atomic E-state index is 0.372. The van der Waals surface area contributed by atoms with Crippen LogP contribution in [0.1, 0.15) is 25.0 Å². The Morgan fingerprint density at radius 1 is 1.10 bits per heavy atom. The quantitative estimate of drug-likeness (QED) is 0.661. The summed E-state index contributed by atoms with van der Waals surface area (Å²) in [5.74, 6) is 8.53. The number of hydrazine groups is 1. The van der Waals surface area contributed by atoms with Gasteiger partial charge in [-0.1, -0.05) is 24.3 Å². The Hall–Kier alpha value is -1.45. The van der Waals surface area contributed by atoms with Crippen molar-refractivity contribution in [1.82, 2.24) is 10.4 Å². The second-order valence-corrected chi connectivity index (χ2v) is 6.46. The smallest absolute Gasteiger partial charge is 0.0705 e. The van der Waals surface area contributed by atoms with Gasteiger partial charge in [0.2, 0.25) is 0 Å². The first-order valence-corrected chi connectivity index (χ1v) is 7.64. The van der Waals surface area contributed by atoms with Crippen molar-refractivity contribution in [2.24, 2.45) is 23.6 Å². The Balaban J connectivity index is 1.53. The third kappa shape index (κ3) is 2.21. The van der Waals surface area contributed by atoms with E-state index in [1.165, 1.54) is 24.6 Å². The van der Waals surface area contributed by atoms with Crippen LogP contribution >= 0.6 is 0 Å². The number of para-hydroxylation sites is 1. The van der Waals surface area contributed by atoms with E-state index in [0.717, 1.165) is 35.4 Å². The summed E-state index contributed by atoms with van der Waals surface area (Å²) < 4.78 is 0. The van der Waals surface area contributed by atoms with Gasteiger partial charge in [-0.2, -0.15) is 0 Å². The number of nitrogens with two attached hydrogens (primary N) is 1. The van der Waals surface area contributed by atoms with Gasteiger partial charge in [-0.05, 0) is 49.1 Å². The molecule has 2 fully saturated rings. The normalized spacial score (nSPS) is 29.4. The number of benzene rings is 1. The van der Waals surface area contributed by atoms with Gasteiger partial charge in [-0.3, -0.25) is 16.3 Å². The number of pyridine rings is 1. The van der Waals surface area contributed by atoms with E-state index in [0.29, 0.717) is 6.04 Å². The average Bonchev–Trinajstić information content (AvgIpc) is 3.11. The Kier molecular flexibility index (Phi) is 2.97. The summed E-state index contributed by atoms with van der Waals surface area (Å²) in [6, 6.07) is 13.0. The van der Waals surface area contributed by atoms with Crippen molar-refractivity contribution >= 4 is 10.9 Å². The molecular formula is C17H21N3. The maximum absolute atomic E-state index is 5.80. The van der Waals surface area contributed by atoms with Gasteiger partial charge in [-0.15, -0.1) is 0 Å². The molecular weight excluding hydrogens is 246 g/mol. The highest BCUT2D eigenvalue weighted by Crippen LogP contribution is 2.55. The molecule has 104 valence electrons. The highest BCUT2D eigenvalue weighted by atomic mass is 15.2. The van der Waals surface area contributed by atoms with E-state index in [1.54, 1.807) is 0 Å². The van der Waals surface area contributed by atoms with Gasteiger partial charge in [0.1, 0.15) is 0 Å². The Morgan fingerprint density at radius 2 is 1.90 bits per heavy atom. The van der Waals surface area contributed by atoms with E-state index in [-0.39, 0.29) is 0 Å². The van der Waals surface area contributed by atoms with E-state index in [4.69, 9.17) is 10.8 Å². The summed E-state index contributed by atoms with van der Waals surface area (Å²) in [6.07, 6.45) is 5.10. The lowest BCUT2D eigenvalue weighted by Crippen LogP contribution is -2.42. The first-order chi connectivity index (χ1) is 9.83. The predicted octanol–water partition coefficient (Wildman–Crippen LogP) is 2.66. The van der Waals surface area contributed by atoms with Gasteiger partial charge >= 0.3 is 0 Å². The van der Waals surface area contributed by atoms with Crippen LogP contribution in [0.5, 0.6) is 0 Å². The predicted molar refractivity (Wildman–Crippen MR) is 80.9 cm³/mol. The molecule has 3 atom stereocenters. The van der Waals surface area contributed by atoms with Gasteiger partial charge < -0.3 is 0 Å². The van der Waals surface area contributed by atoms with Crippen molar-refractivity contribution in [3.8, 4) is 0 Å². The molecule has 0 bridgehead atoms. The van der Waals surface area contributed by atoms with E-state index < -0.39 is 0 Å². The second-order valence-electron chi connectivity index (χ2n) is 6.46. The van der Waals surface area contributed by atoms with Crippen molar-refractivity contribution in [2.45, 2.75) is 31.7 Å². The van der Waals surface area contributed by atoms with E-state index in [2.05, 4.69) is 35.8 Å². The lowest BCUT2D eigenvalue weighted by atomic mass is 9.91. The van der Waals surface area contributed by atoms with Crippen LogP contribution in [0.15, 0.2) is 36.4 Å². The van der Waals surface area contributed by atoms with Gasteiger partial charge in [0, 0.05) is 23.5 Å². The van der Waals surface area contributed by atoms with Crippen molar-refractivity contribution in [1.29, 1.82) is 0 Å². The molecule has 0 spiro atoms. The van der Waals surface area contributed by atoms with Crippen molar-refractivity contribution in [3.05, 3.63) is 42.1 Å². The SMILES string of the molecule is NNC(Cc1ccc2ccccc2n1)C1CC2CC2C1. The number of fused-ring (bicyclic) bond motifs is 2. The minimum absolute atomic E-state index is 0.372. The highest BCUT2D eigenvalue weighted by Gasteiger charge is 2.47. The molecule has 3 nitrogen and oxygen atoms in total. The molecule has 4 rings (SSSR count). The summed E-state index contributed by atoms with van der Waals surface area (Å²) >= 11 is 0. The molecule has 0 radical (unpaired) electrons. The fraction of sp³-hybridized carbons (Fsp3) is 0.471. The molecule has 1 aromatic heterocycles. The molecule has 20 heavy (non-hydrogen) atoms. The molecule has 2 aliphatic carbocycles. The van der Waals surface area contributed by atoms with Crippen LogP contribution in [-0.4, -0.2) is 11.0 Å². The largest absolute Gasteiger partial charge is 0.271 e. The number of nitrogens with one attached hydrogen (secondary N) is 1. The zero-order valence-electron chi connectivity index (χ0n) is 11.6. The second kappa shape index (κ2) is 4.83. The van der Waals surface area contributed by atoms with Crippen molar-refractivity contribution in [2.75, 3.05) is 0 Å². The van der Waals surface area contributed by atoms with Crippen molar-refractivity contribution in [3.63, 3.8) is 0 Å². The molecule has 2 aliphatic rings. The molecule has 2 aromatic rings. The fourth-order valence-corrected chi connectivity index (χ4v) is 3.90. The maximum Gasteiger partial charge on any atom is 0.0705 e. The zero-order valence-corrected chi connectivity index (χ0v) is 11.6. The molecule has 3 N–H and O–H groups in total. The number of hydrogen-bond acceptors (Lipinski definition) is 3. The number of aromatic nitrogens is 1. The molecule has 0 aliphatic heterocycles. The summed E-state index contributed by atoms with van der Waals surface area (Å²) in [4.78, 5) is 4.77. The van der Waals surface area contributed by atoms with Crippen LogP contribution in [0.25, 0.3) is 10.9 Å². The Labute approximate surface area is 119 Å². The van der Waals surface area contributed by atoms with E-state index in [1.807, 2.05) is 6.07 Å². The summed E-state index contributed by atoms with van der Waals surface area (Å²) in [7, 11) is 0. The van der Waals surface area contributed by atoms with E-state index >= 15 is 0 Å². The first-order valence-electron chi connectivity index (χ1n) is 7.64. The summed E-state index contributed by atoms with van der Waals surface area (Å²) in [6.45, 7) is 0. The first kappa shape index (κ1) is 12.3. The van der Waals surface area contributed by atoms with Crippen LogP contribution in [0.3, 0.4) is 0 Å². The van der Waals surface area contributed by atoms with Crippen LogP contribution < -0.4 is 11.3 Å². The van der Waals surface area contributed by atoms with Crippen LogP contribution in [0.4, 0.5) is 0 Å². The third-order valence-corrected chi connectivity index (χ3v) is 5.15. The summed E-state index contributed by atoms with van der Waals surface area (Å²) in [5, 5.41) is 1.20. The molecule has 1 aromatic carbocycles. The van der Waals surface area contributed by atoms with Gasteiger partial charge in [0.25, 0.3) is 0 Å². The highest BCUT2D eigenvalue weighted by molar-refractivity contribution is 5.78. The zero-order chi connectivity index (χ0) is 13.5. The van der Waals surface area contributed by atoms with Gasteiger partial charge in [0.15, 0.2) is 0 Å². The average molecular weight is 267 g/mol. The van der Waals surface area contributed by atoms with Gasteiger partial charge in [0.05, 0.1) is 5.52 Å². The lowest BCUT2D eigenvalue weighted by molar-refractivity contribution is 0.334. The van der Waals surface area contributed by atoms with Crippen molar-refractivity contribution < 1.29 is 0 Å². The standard InChI is InChI=1S/C17H21N3/c18-20-17(14-8-12-7-13(12)9-14)10-15-6-5-11-3-1-2-4-16(11)19-15/h1-6,12-14,17,20H,7-10,18H2. The molecule has 2 saturated carbocycles. The topological polar surface area (TPSA) is 50.9 Å². The van der Waals surface area contributed by atoms with E-state index in [9.17, 15) is 0 Å². The fourth-order valence-electron chi connectivity index (χ4n) is 3.90. The number of rotatable bonds is 4. The summed E-state index contributed by atoms with van der Waals surface area (Å²) in [5.41, 5.74) is 5.27. The minimum Gasteiger partial charge on any atom is -0.271 e. The Bertz CT molecular complexity index is 614. The van der Waals surface area contributed by atoms with Gasteiger partial charge in [-0.25, -0.2) is 0 Å². The molecule has 0 amide bonds. The van der Waals surface area contributed by atoms with Crippen LogP contribution in [0.2, 0.25) is 0 Å².